The minimum atomic E-state index is -2.33. The van der Waals surface area contributed by atoms with Crippen molar-refractivity contribution in [3.05, 3.63) is 152 Å². The molecule has 6 aliphatic heterocycles. The zero-order valence-corrected chi connectivity index (χ0v) is 62.8. The van der Waals surface area contributed by atoms with Crippen LogP contribution in [0.15, 0.2) is 103 Å². The molecule has 34 heteroatoms. The number of amides is 7. The van der Waals surface area contributed by atoms with E-state index in [0.29, 0.717) is 6.54 Å². The lowest BCUT2D eigenvalue weighted by atomic mass is 9.44. The Morgan fingerprint density at radius 2 is 1.32 bits per heavy atom. The van der Waals surface area contributed by atoms with Gasteiger partial charge < -0.3 is 123 Å². The molecule has 20 N–H and O–H groups in total. The first-order valence-electron chi connectivity index (χ1n) is 36.7. The van der Waals surface area contributed by atoms with Crippen LogP contribution in [0, 0.1) is 17.8 Å². The van der Waals surface area contributed by atoms with Crippen LogP contribution in [-0.4, -0.2) is 185 Å². The number of halogens is 2. The lowest BCUT2D eigenvalue weighted by Crippen LogP contribution is -2.83. The number of rotatable bonds is 20. The number of phenols is 3. The summed E-state index contributed by atoms with van der Waals surface area (Å²) in [6.07, 6.45) is -11.5. The molecule has 0 spiro atoms. The maximum Gasteiger partial charge on any atom is 0.330 e. The van der Waals surface area contributed by atoms with Crippen LogP contribution in [0.5, 0.6) is 46.0 Å². The first-order chi connectivity index (χ1) is 53.3. The van der Waals surface area contributed by atoms with Crippen molar-refractivity contribution >= 4 is 70.5 Å². The first kappa shape index (κ1) is 81.5. The lowest BCUT2D eigenvalue weighted by molar-refractivity contribution is -0.333. The lowest BCUT2D eigenvalue weighted by Gasteiger charge is -2.69. The number of hydrogen-bond donors (Lipinski definition) is 19. The van der Waals surface area contributed by atoms with Gasteiger partial charge in [0.1, 0.15) is 95.6 Å². The molecule has 19 atom stereocenters. The molecule has 2 saturated carbocycles. The van der Waals surface area contributed by atoms with Gasteiger partial charge in [0.15, 0.2) is 17.5 Å². The average Bonchev–Trinajstić information content (AvgIpc) is 0.681. The Morgan fingerprint density at radius 3 is 1.94 bits per heavy atom. The van der Waals surface area contributed by atoms with Crippen molar-refractivity contribution in [2.24, 2.45) is 23.5 Å². The molecule has 14 rings (SSSR count). The first-order valence-corrected chi connectivity index (χ1v) is 37.4. The topological polar surface area (TPSA) is 507 Å². The molecule has 0 radical (unpaired) electrons. The van der Waals surface area contributed by atoms with Crippen molar-refractivity contribution in [3.63, 3.8) is 0 Å². The molecule has 32 nitrogen and oxygen atoms in total. The summed E-state index contributed by atoms with van der Waals surface area (Å²) >= 11 is 14.3. The molecule has 0 aromatic heterocycles. The largest absolute Gasteiger partial charge is 0.508 e. The van der Waals surface area contributed by atoms with Crippen LogP contribution in [-0.2, 0) is 60.8 Å². The van der Waals surface area contributed by atoms with Gasteiger partial charge in [0.2, 0.25) is 53.4 Å². The Morgan fingerprint density at radius 1 is 0.696 bits per heavy atom. The molecule has 2 aliphatic carbocycles. The number of nitrogens with one attached hydrogen (secondary N) is 8. The third-order valence-electron chi connectivity index (χ3n) is 21.5. The second-order valence-corrected chi connectivity index (χ2v) is 30.3. The van der Waals surface area contributed by atoms with E-state index < -0.39 is 237 Å². The average molecular weight is 1590 g/mol. The van der Waals surface area contributed by atoms with E-state index in [1.807, 2.05) is 32.9 Å². The van der Waals surface area contributed by atoms with E-state index in [4.69, 9.17) is 52.6 Å². The molecule has 4 unspecified atom stereocenters. The molecule has 6 aromatic carbocycles. The van der Waals surface area contributed by atoms with E-state index in [0.717, 1.165) is 91.9 Å². The van der Waals surface area contributed by atoms with E-state index in [9.17, 15) is 75.0 Å². The standard InChI is InChI=1S/C78H89Cl2N9O23/c1-6-7-8-9-34-10-12-35(13-11-34)30-83-78-29-53(57(78)33(4)69(78)99)110-68-66(98)65(97)54(31-90)111-77(68)112-67-51-24-39-25-52(67)109-50-19-16-38(23-44(50)80)64(96)62-75(105)87-60(76(106)107)42-26-40(91)27-48(93)56(42)41-21-36(14-17-47(41)92)58(72(102)89-62)86-73(103)59(39)85-71(101)46(28-55(81)94)84-74(104)61(88-70(100)45(82-5)20-32(2)3)63(95)37-15-18-49(108-51)43(79)22-37/h10-19,21-27,32-33,45-46,53-54,57-66,68-69,77,82-83,90-93,95-99H,6-9,20,28-31H2,1-5H3,(H2,81,94)(H,84,104)(H,85,101)(H,86,103)(H,87,105)(H,88,100)(H,89,102)(H,106,107)/t33-,45-,46+,53+,54-,57?,58+,59-,60+,61-,62+,63-,64-,65?,66?,68-,69-,77+,78?/m1/s1. The smallest absolute Gasteiger partial charge is 0.330 e. The minimum absolute atomic E-state index is 0.0945. The van der Waals surface area contributed by atoms with Crippen molar-refractivity contribution in [2.75, 3.05) is 13.7 Å². The van der Waals surface area contributed by atoms with Crippen LogP contribution in [0.1, 0.15) is 135 Å². The van der Waals surface area contributed by atoms with Crippen molar-refractivity contribution in [3.8, 4) is 57.1 Å². The summed E-state index contributed by atoms with van der Waals surface area (Å²) in [6.45, 7) is 7.06. The van der Waals surface area contributed by atoms with Crippen LogP contribution in [0.2, 0.25) is 10.0 Å². The van der Waals surface area contributed by atoms with Gasteiger partial charge in [-0.2, -0.15) is 0 Å². The molecule has 1 saturated heterocycles. The highest BCUT2D eigenvalue weighted by atomic mass is 35.5. The third kappa shape index (κ3) is 16.6. The number of aromatic hydroxyl groups is 3. The molecule has 8 aliphatic rings. The maximum absolute atomic E-state index is 16.2. The van der Waals surface area contributed by atoms with Gasteiger partial charge >= 0.3 is 5.97 Å². The molecule has 112 heavy (non-hydrogen) atoms. The van der Waals surface area contributed by atoms with Gasteiger partial charge in [0.05, 0.1) is 46.9 Å². The van der Waals surface area contributed by atoms with Crippen molar-refractivity contribution in [2.45, 2.75) is 182 Å². The Kier molecular flexibility index (Phi) is 24.6. The summed E-state index contributed by atoms with van der Waals surface area (Å²) in [7, 11) is 1.49. The van der Waals surface area contributed by atoms with Gasteiger partial charge in [0, 0.05) is 35.2 Å². The predicted molar refractivity (Wildman–Crippen MR) is 398 cm³/mol. The van der Waals surface area contributed by atoms with E-state index >= 15 is 14.4 Å². The zero-order chi connectivity index (χ0) is 80.6. The number of carboxylic acids is 1. The molecule has 11 bridgehead atoms. The highest BCUT2D eigenvalue weighted by molar-refractivity contribution is 6.32. The number of aryl methyl sites for hydroxylation is 1. The summed E-state index contributed by atoms with van der Waals surface area (Å²) in [6, 6.07) is 7.94. The number of aliphatic carboxylic acids is 1. The van der Waals surface area contributed by atoms with Crippen LogP contribution >= 0.6 is 23.2 Å². The second-order valence-electron chi connectivity index (χ2n) is 29.5. The van der Waals surface area contributed by atoms with Crippen LogP contribution < -0.4 is 62.5 Å². The number of likely N-dealkylation sites (N-methyl/N-ethyl adjacent to an activating group) is 1. The number of aliphatic hydroxyl groups is 6. The van der Waals surface area contributed by atoms with E-state index in [2.05, 4.69) is 61.6 Å². The number of hydrogen-bond acceptors (Lipinski definition) is 24. The fourth-order valence-corrected chi connectivity index (χ4v) is 16.1. The molecule has 6 aromatic rings. The number of phenolic OH excluding ortho intramolecular Hbond substituents is 3. The van der Waals surface area contributed by atoms with Gasteiger partial charge in [-0.15, -0.1) is 0 Å². The molecular formula is C78H89Cl2N9O23. The number of aliphatic hydroxyl groups excluding tert-OH is 6. The fourth-order valence-electron chi connectivity index (χ4n) is 15.6. The summed E-state index contributed by atoms with van der Waals surface area (Å²) in [4.78, 5) is 118. The minimum Gasteiger partial charge on any atom is -0.508 e. The summed E-state index contributed by atoms with van der Waals surface area (Å²) in [5.74, 6) is -16.4. The number of carbonyl (C=O) groups is 8. The molecule has 598 valence electrons. The zero-order valence-electron chi connectivity index (χ0n) is 61.3. The Labute approximate surface area is 651 Å². The van der Waals surface area contributed by atoms with Crippen LogP contribution in [0.25, 0.3) is 11.1 Å². The Balaban J connectivity index is 1.04. The number of nitrogens with two attached hydrogens (primary N) is 1. The number of carboxylic acid groups (broad SMARTS) is 1. The van der Waals surface area contributed by atoms with Gasteiger partial charge in [-0.05, 0) is 133 Å². The molecule has 6 heterocycles. The van der Waals surface area contributed by atoms with Crippen molar-refractivity contribution in [1.82, 2.24) is 42.5 Å². The predicted octanol–water partition coefficient (Wildman–Crippen LogP) is 3.55. The van der Waals surface area contributed by atoms with E-state index in [1.54, 1.807) is 0 Å². The highest BCUT2D eigenvalue weighted by Gasteiger charge is 2.71. The number of unbranched alkanes of at least 4 members (excludes halogenated alkanes) is 2. The monoisotopic (exact) mass is 1590 g/mol. The van der Waals surface area contributed by atoms with Crippen molar-refractivity contribution in [1.29, 1.82) is 0 Å². The third-order valence-corrected chi connectivity index (χ3v) is 22.1. The molecule has 7 amide bonds. The maximum atomic E-state index is 16.2. The molecule has 3 fully saturated rings. The highest BCUT2D eigenvalue weighted by Crippen LogP contribution is 2.60. The number of benzene rings is 6. The quantitative estimate of drug-likeness (QED) is 0.0486. The number of primary amides is 1. The van der Waals surface area contributed by atoms with Gasteiger partial charge in [-0.3, -0.25) is 33.6 Å². The van der Waals surface area contributed by atoms with Crippen LogP contribution in [0.3, 0.4) is 0 Å². The number of ether oxygens (including phenoxy) is 5. The molecular weight excluding hydrogens is 1500 g/mol. The number of carbonyl (C=O) groups excluding carboxylic acids is 7. The fraction of sp³-hybridized carbons (Fsp3) is 0.436. The Hall–Kier alpha value is -9.94. The van der Waals surface area contributed by atoms with Crippen LogP contribution in [0.4, 0.5) is 0 Å². The van der Waals surface area contributed by atoms with Gasteiger partial charge in [-0.1, -0.05) is 106 Å². The van der Waals surface area contributed by atoms with Crippen molar-refractivity contribution < 1.29 is 113 Å². The van der Waals surface area contributed by atoms with Gasteiger partial charge in [0.25, 0.3) is 0 Å². The SMILES string of the molecule is CCCCCc1ccc(CNC23C[C@H](O[C@@H]4C(O)C(O)[C@@H](CO)O[C@H]4Oc4c5cc6cc4Oc4ccc(cc4Cl)[C@@H](O)[C@@H](NC(=O)[C@@H](CC(C)C)NC)C(=O)N[C@@H](CC(N)=O)C(=O)N[C@H]6C(=O)N[C@@H]4C(=O)N[C@H](C(=O)N[C@H](C(=O)O)c6cc(O)cc(O)c6-c6cc4ccc6O)[C@H](O)c4ccc(c(Cl)c4)O5)C2[C@@H](C)[C@H]3O)cc1. The summed E-state index contributed by atoms with van der Waals surface area (Å²) in [5.41, 5.74) is 4.31. The summed E-state index contributed by atoms with van der Waals surface area (Å²) in [5, 5.41) is 137. The Bertz CT molecular complexity index is 4620. The van der Waals surface area contributed by atoms with E-state index in [1.165, 1.54) is 30.8 Å². The van der Waals surface area contributed by atoms with Gasteiger partial charge in [-0.25, -0.2) is 4.79 Å². The van der Waals surface area contributed by atoms with E-state index in [-0.39, 0.29) is 52.0 Å². The number of fused-ring (bicyclic) bond motifs is 16. The normalized spacial score (nSPS) is 28.5. The summed E-state index contributed by atoms with van der Waals surface area (Å²) < 4.78 is 33.5. The second kappa shape index (κ2) is 33.8.